The second-order valence-corrected chi connectivity index (χ2v) is 3.59. The van der Waals surface area contributed by atoms with Gasteiger partial charge in [0.05, 0.1) is 5.54 Å². The third-order valence-corrected chi connectivity index (χ3v) is 2.50. The molecule has 12 heavy (non-hydrogen) atoms. The van der Waals surface area contributed by atoms with Gasteiger partial charge in [-0.3, -0.25) is 0 Å². The van der Waals surface area contributed by atoms with Crippen LogP contribution in [0.4, 0.5) is 0 Å². The Hall–Kier alpha value is -0.790. The molecular formula is C10H10ClN. The molecule has 1 atom stereocenters. The topological polar surface area (TPSA) is 26.0 Å². The zero-order valence-corrected chi connectivity index (χ0v) is 7.38. The average Bonchev–Trinajstić information content (AvgIpc) is 2.02. The van der Waals surface area contributed by atoms with Crippen molar-refractivity contribution in [2.75, 3.05) is 0 Å². The SMILES string of the molecule is NC1(c2ccc(Cl)cc2)C=CC1. The van der Waals surface area contributed by atoms with Crippen molar-refractivity contribution in [3.05, 3.63) is 47.0 Å². The van der Waals surface area contributed by atoms with Crippen LogP contribution < -0.4 is 5.73 Å². The summed E-state index contributed by atoms with van der Waals surface area (Å²) >= 11 is 5.76. The fourth-order valence-electron chi connectivity index (χ4n) is 1.35. The molecule has 0 spiro atoms. The molecule has 0 amide bonds. The maximum absolute atomic E-state index is 6.04. The molecule has 0 aliphatic heterocycles. The summed E-state index contributed by atoms with van der Waals surface area (Å²) in [5.41, 5.74) is 6.95. The Bertz CT molecular complexity index is 315. The molecule has 0 radical (unpaired) electrons. The molecule has 0 saturated carbocycles. The van der Waals surface area contributed by atoms with Gasteiger partial charge in [0.25, 0.3) is 0 Å². The molecule has 0 aromatic heterocycles. The first kappa shape index (κ1) is 7.84. The molecule has 1 nitrogen and oxygen atoms in total. The molecule has 2 heteroatoms. The largest absolute Gasteiger partial charge is 0.318 e. The van der Waals surface area contributed by atoms with Gasteiger partial charge in [0, 0.05) is 5.02 Å². The van der Waals surface area contributed by atoms with Crippen LogP contribution in [0.25, 0.3) is 0 Å². The lowest BCUT2D eigenvalue weighted by atomic mass is 9.80. The Morgan fingerprint density at radius 2 is 1.83 bits per heavy atom. The molecule has 2 N–H and O–H groups in total. The van der Waals surface area contributed by atoms with E-state index in [9.17, 15) is 0 Å². The minimum atomic E-state index is -0.232. The highest BCUT2D eigenvalue weighted by molar-refractivity contribution is 6.30. The third-order valence-electron chi connectivity index (χ3n) is 2.25. The van der Waals surface area contributed by atoms with Gasteiger partial charge in [0.1, 0.15) is 0 Å². The van der Waals surface area contributed by atoms with Gasteiger partial charge in [-0.15, -0.1) is 0 Å². The lowest BCUT2D eigenvalue weighted by Gasteiger charge is -2.31. The Morgan fingerprint density at radius 1 is 1.25 bits per heavy atom. The average molecular weight is 180 g/mol. The van der Waals surface area contributed by atoms with Crippen LogP contribution in [0.5, 0.6) is 0 Å². The number of benzene rings is 1. The first-order chi connectivity index (χ1) is 5.71. The molecule has 2 rings (SSSR count). The number of nitrogens with two attached hydrogens (primary N) is 1. The smallest absolute Gasteiger partial charge is 0.0630 e. The van der Waals surface area contributed by atoms with Gasteiger partial charge in [-0.05, 0) is 24.1 Å². The van der Waals surface area contributed by atoms with E-state index < -0.39 is 0 Å². The highest BCUT2D eigenvalue weighted by atomic mass is 35.5. The lowest BCUT2D eigenvalue weighted by molar-refractivity contribution is 0.522. The highest BCUT2D eigenvalue weighted by Crippen LogP contribution is 2.31. The molecule has 1 aromatic carbocycles. The predicted octanol–water partition coefficient (Wildman–Crippen LogP) is 2.45. The molecule has 1 aliphatic rings. The van der Waals surface area contributed by atoms with Crippen LogP contribution >= 0.6 is 11.6 Å². The van der Waals surface area contributed by atoms with Crippen LogP contribution in [0.1, 0.15) is 12.0 Å². The van der Waals surface area contributed by atoms with Gasteiger partial charge in [-0.2, -0.15) is 0 Å². The van der Waals surface area contributed by atoms with E-state index in [-0.39, 0.29) is 5.54 Å². The summed E-state index contributed by atoms with van der Waals surface area (Å²) in [6, 6.07) is 7.70. The summed E-state index contributed by atoms with van der Waals surface area (Å²) in [7, 11) is 0. The molecule has 0 fully saturated rings. The second kappa shape index (κ2) is 2.61. The van der Waals surface area contributed by atoms with Crippen LogP contribution in [-0.4, -0.2) is 0 Å². The van der Waals surface area contributed by atoms with Gasteiger partial charge in [-0.25, -0.2) is 0 Å². The molecular weight excluding hydrogens is 170 g/mol. The Labute approximate surface area is 76.8 Å². The Balaban J connectivity index is 2.35. The molecule has 0 bridgehead atoms. The van der Waals surface area contributed by atoms with Crippen molar-refractivity contribution in [2.24, 2.45) is 5.73 Å². The number of halogens is 1. The number of hydrogen-bond donors (Lipinski definition) is 1. The highest BCUT2D eigenvalue weighted by Gasteiger charge is 2.27. The van der Waals surface area contributed by atoms with Crippen LogP contribution in [0.3, 0.4) is 0 Å². The van der Waals surface area contributed by atoms with Gasteiger partial charge < -0.3 is 5.73 Å². The van der Waals surface area contributed by atoms with Crippen molar-refractivity contribution >= 4 is 11.6 Å². The number of hydrogen-bond acceptors (Lipinski definition) is 1. The summed E-state index contributed by atoms with van der Waals surface area (Å²) in [6.07, 6.45) is 5.03. The quantitative estimate of drug-likeness (QED) is 0.659. The van der Waals surface area contributed by atoms with E-state index in [1.807, 2.05) is 30.3 Å². The van der Waals surface area contributed by atoms with Crippen LogP contribution in [0, 0.1) is 0 Å². The van der Waals surface area contributed by atoms with E-state index in [1.165, 1.54) is 0 Å². The van der Waals surface area contributed by atoms with E-state index in [1.54, 1.807) is 0 Å². The zero-order valence-electron chi connectivity index (χ0n) is 6.63. The molecule has 1 unspecified atom stereocenters. The van der Waals surface area contributed by atoms with E-state index in [0.717, 1.165) is 17.0 Å². The molecule has 62 valence electrons. The van der Waals surface area contributed by atoms with Gasteiger partial charge in [-0.1, -0.05) is 35.9 Å². The van der Waals surface area contributed by atoms with Crippen LogP contribution in [0.2, 0.25) is 5.02 Å². The van der Waals surface area contributed by atoms with Crippen molar-refractivity contribution in [1.82, 2.24) is 0 Å². The van der Waals surface area contributed by atoms with Crippen molar-refractivity contribution in [2.45, 2.75) is 12.0 Å². The standard InChI is InChI=1S/C10H10ClN/c11-9-4-2-8(3-5-9)10(12)6-1-7-10/h1-6H,7,12H2. The van der Waals surface area contributed by atoms with E-state index in [4.69, 9.17) is 17.3 Å². The van der Waals surface area contributed by atoms with Gasteiger partial charge >= 0.3 is 0 Å². The van der Waals surface area contributed by atoms with E-state index in [2.05, 4.69) is 6.08 Å². The van der Waals surface area contributed by atoms with E-state index in [0.29, 0.717) is 0 Å². The second-order valence-electron chi connectivity index (χ2n) is 3.15. The van der Waals surface area contributed by atoms with Crippen LogP contribution in [-0.2, 0) is 5.54 Å². The maximum Gasteiger partial charge on any atom is 0.0630 e. The van der Waals surface area contributed by atoms with Crippen molar-refractivity contribution in [3.63, 3.8) is 0 Å². The van der Waals surface area contributed by atoms with Crippen LogP contribution in [0.15, 0.2) is 36.4 Å². The van der Waals surface area contributed by atoms with Gasteiger partial charge in [0.15, 0.2) is 0 Å². The monoisotopic (exact) mass is 179 g/mol. The summed E-state index contributed by atoms with van der Waals surface area (Å²) in [5.74, 6) is 0. The maximum atomic E-state index is 6.04. The lowest BCUT2D eigenvalue weighted by Crippen LogP contribution is -2.38. The van der Waals surface area contributed by atoms with Crippen molar-refractivity contribution < 1.29 is 0 Å². The first-order valence-electron chi connectivity index (χ1n) is 3.93. The zero-order chi connectivity index (χ0) is 8.60. The molecule has 0 saturated heterocycles. The fourth-order valence-corrected chi connectivity index (χ4v) is 1.47. The van der Waals surface area contributed by atoms with Crippen molar-refractivity contribution in [1.29, 1.82) is 0 Å². The number of rotatable bonds is 1. The van der Waals surface area contributed by atoms with E-state index >= 15 is 0 Å². The normalized spacial score (nSPS) is 26.8. The molecule has 0 heterocycles. The Kier molecular flexibility index (Phi) is 1.71. The van der Waals surface area contributed by atoms with Gasteiger partial charge in [0.2, 0.25) is 0 Å². The summed E-state index contributed by atoms with van der Waals surface area (Å²) in [6.45, 7) is 0. The Morgan fingerprint density at radius 3 is 2.25 bits per heavy atom. The summed E-state index contributed by atoms with van der Waals surface area (Å²) in [4.78, 5) is 0. The van der Waals surface area contributed by atoms with Crippen molar-refractivity contribution in [3.8, 4) is 0 Å². The molecule has 1 aromatic rings. The summed E-state index contributed by atoms with van der Waals surface area (Å²) < 4.78 is 0. The summed E-state index contributed by atoms with van der Waals surface area (Å²) in [5, 5.41) is 0.755. The minimum absolute atomic E-state index is 0.232. The molecule has 1 aliphatic carbocycles. The fraction of sp³-hybridized carbons (Fsp3) is 0.200. The predicted molar refractivity (Wildman–Crippen MR) is 51.1 cm³/mol. The minimum Gasteiger partial charge on any atom is -0.318 e. The first-order valence-corrected chi connectivity index (χ1v) is 4.31. The third kappa shape index (κ3) is 1.15.